The molecule has 0 bridgehead atoms. The monoisotopic (exact) mass is 1330 g/mol. The molecule has 5 aliphatic heterocycles. The van der Waals surface area contributed by atoms with Gasteiger partial charge in [-0.25, -0.2) is 0 Å². The Hall–Kier alpha value is -9.32. The van der Waals surface area contributed by atoms with Crippen LogP contribution in [0.1, 0.15) is 97.5 Å². The number of anilines is 9. The molecular formula is C90H110N10. The van der Waals surface area contributed by atoms with Crippen molar-refractivity contribution in [1.29, 1.82) is 0 Å². The van der Waals surface area contributed by atoms with Gasteiger partial charge in [-0.2, -0.15) is 0 Å². The van der Waals surface area contributed by atoms with Crippen LogP contribution in [0.4, 0.5) is 51.2 Å². The van der Waals surface area contributed by atoms with Gasteiger partial charge in [0, 0.05) is 103 Å². The summed E-state index contributed by atoms with van der Waals surface area (Å²) in [6, 6.07) is 87.0. The molecule has 520 valence electrons. The zero-order valence-corrected chi connectivity index (χ0v) is 62.5. The summed E-state index contributed by atoms with van der Waals surface area (Å²) in [6.07, 6.45) is 6.65. The van der Waals surface area contributed by atoms with E-state index in [1.807, 2.05) is 0 Å². The van der Waals surface area contributed by atoms with Crippen LogP contribution in [-0.4, -0.2) is 107 Å². The SMILES string of the molecule is Cc1ccccc1N1CCCCN(C)C1C.Cc1ccccc1N1CCc2ccccc2N(C)C1C.Cc1ccccc1N1Cc2ccccc2CN(C)C1C.Cc1ccccc1N1c2ccccc2-c2ccccc2N(C)C1C.Cc1ccccc1N1c2ccccc2CCN(C)C1C. The van der Waals surface area contributed by atoms with Crippen molar-refractivity contribution in [2.45, 2.75) is 139 Å². The van der Waals surface area contributed by atoms with E-state index < -0.39 is 0 Å². The number of hydrogen-bond donors (Lipinski definition) is 0. The first-order valence-electron chi connectivity index (χ1n) is 36.6. The van der Waals surface area contributed by atoms with Crippen LogP contribution in [0.5, 0.6) is 0 Å². The molecule has 1 fully saturated rings. The van der Waals surface area contributed by atoms with Gasteiger partial charge in [-0.05, 0) is 227 Å². The van der Waals surface area contributed by atoms with Crippen LogP contribution in [-0.2, 0) is 25.9 Å². The first-order valence-corrected chi connectivity index (χ1v) is 36.6. The van der Waals surface area contributed by atoms with Gasteiger partial charge in [0.2, 0.25) is 0 Å². The number of aryl methyl sites for hydroxylation is 5. The Kier molecular flexibility index (Phi) is 23.9. The average Bonchev–Trinajstić information content (AvgIpc) is 1.56. The average molecular weight is 1330 g/mol. The minimum absolute atomic E-state index is 0.218. The van der Waals surface area contributed by atoms with Gasteiger partial charge in [0.05, 0.1) is 30.4 Å². The predicted molar refractivity (Wildman–Crippen MR) is 430 cm³/mol. The number of rotatable bonds is 5. The van der Waals surface area contributed by atoms with Crippen molar-refractivity contribution in [3.05, 3.63) is 293 Å². The van der Waals surface area contributed by atoms with Gasteiger partial charge in [-0.1, -0.05) is 188 Å². The molecule has 5 aliphatic rings. The molecule has 0 N–H and O–H groups in total. The molecule has 10 aromatic rings. The summed E-state index contributed by atoms with van der Waals surface area (Å²) in [5.74, 6) is 0. The third kappa shape index (κ3) is 16.1. The molecule has 5 heterocycles. The highest BCUT2D eigenvalue weighted by molar-refractivity contribution is 5.92. The third-order valence-electron chi connectivity index (χ3n) is 21.9. The van der Waals surface area contributed by atoms with Gasteiger partial charge >= 0.3 is 0 Å². The topological polar surface area (TPSA) is 32.4 Å². The lowest BCUT2D eigenvalue weighted by molar-refractivity contribution is 0.248. The summed E-state index contributed by atoms with van der Waals surface area (Å²) in [4.78, 5) is 24.5. The summed E-state index contributed by atoms with van der Waals surface area (Å²) in [5.41, 5.74) is 26.9. The molecule has 10 heteroatoms. The number of benzene rings is 10. The van der Waals surface area contributed by atoms with Crippen molar-refractivity contribution >= 4 is 51.2 Å². The summed E-state index contributed by atoms with van der Waals surface area (Å²) in [7, 11) is 11.0. The molecule has 5 unspecified atom stereocenters. The highest BCUT2D eigenvalue weighted by Gasteiger charge is 2.32. The summed E-state index contributed by atoms with van der Waals surface area (Å²) < 4.78 is 0. The minimum Gasteiger partial charge on any atom is -0.356 e. The molecule has 10 aromatic carbocycles. The Bertz CT molecular complexity index is 4290. The smallest absolute Gasteiger partial charge is 0.103 e. The summed E-state index contributed by atoms with van der Waals surface area (Å²) in [6.45, 7) is 28.9. The van der Waals surface area contributed by atoms with Crippen LogP contribution in [0.3, 0.4) is 0 Å². The van der Waals surface area contributed by atoms with E-state index in [0.717, 1.165) is 39.0 Å². The Morgan fingerprint density at radius 3 is 1.09 bits per heavy atom. The Labute approximate surface area is 600 Å². The first kappa shape index (κ1) is 71.9. The van der Waals surface area contributed by atoms with Gasteiger partial charge in [0.1, 0.15) is 6.17 Å². The van der Waals surface area contributed by atoms with E-state index in [2.05, 4.69) is 396 Å². The second-order valence-corrected chi connectivity index (χ2v) is 28.2. The number of fused-ring (bicyclic) bond motifs is 6. The van der Waals surface area contributed by atoms with Crippen LogP contribution in [0.15, 0.2) is 243 Å². The van der Waals surface area contributed by atoms with Crippen molar-refractivity contribution in [2.24, 2.45) is 0 Å². The van der Waals surface area contributed by atoms with Crippen LogP contribution in [0.25, 0.3) is 11.1 Å². The van der Waals surface area contributed by atoms with E-state index in [9.17, 15) is 0 Å². The third-order valence-corrected chi connectivity index (χ3v) is 21.9. The molecule has 0 radical (unpaired) electrons. The fourth-order valence-corrected chi connectivity index (χ4v) is 15.2. The molecule has 10 nitrogen and oxygen atoms in total. The second kappa shape index (κ2) is 33.2. The molecule has 0 saturated carbocycles. The van der Waals surface area contributed by atoms with Gasteiger partial charge < -0.3 is 34.3 Å². The van der Waals surface area contributed by atoms with E-state index in [1.54, 1.807) is 0 Å². The van der Waals surface area contributed by atoms with Crippen molar-refractivity contribution in [1.82, 2.24) is 14.7 Å². The standard InChI is InChI=1S/C22H22N2.3C18H22N2.C14H22N2/c1-16-10-4-7-13-20(16)24-17(2)23(3)21-14-8-5-11-18(21)19-12-6-9-15-22(19)24;1-14-8-4-7-11-18(14)20-13-17-10-6-5-9-16(17)12-19(3)15(20)2;1-14-8-4-6-10-17(14)20-13-12-16-9-5-7-11-18(16)19(3)15(20)2;1-14-8-4-6-10-17(14)20-15(2)19(3)13-12-16-9-5-7-11-18(16)20;1-12-8-4-5-9-14(12)16-11-7-6-10-15(3)13(16)2/h4-15,17H,1-3H3;3*4-11,15H,12-13H2,1-3H3;4-5,8-9,13H,6-7,10-11H2,1-3H3. The number of likely N-dealkylation sites (N-methyl/N-ethyl adjacent to an activating group) is 1. The maximum atomic E-state index is 2.53. The van der Waals surface area contributed by atoms with Crippen LogP contribution < -0.4 is 34.3 Å². The predicted octanol–water partition coefficient (Wildman–Crippen LogP) is 20.1. The zero-order valence-electron chi connectivity index (χ0n) is 62.5. The van der Waals surface area contributed by atoms with Crippen molar-refractivity contribution in [3.63, 3.8) is 0 Å². The van der Waals surface area contributed by atoms with E-state index in [-0.39, 0.29) is 6.17 Å². The molecule has 0 aliphatic carbocycles. The molecular weight excluding hydrogens is 1220 g/mol. The van der Waals surface area contributed by atoms with Crippen molar-refractivity contribution in [3.8, 4) is 11.1 Å². The molecule has 0 spiro atoms. The van der Waals surface area contributed by atoms with Gasteiger partial charge in [-0.15, -0.1) is 0 Å². The molecule has 0 aromatic heterocycles. The fraction of sp³-hybridized carbons (Fsp3) is 0.333. The Balaban J connectivity index is 0.000000127. The summed E-state index contributed by atoms with van der Waals surface area (Å²) in [5, 5.41) is 0. The van der Waals surface area contributed by atoms with E-state index in [1.165, 1.54) is 138 Å². The van der Waals surface area contributed by atoms with Gasteiger partial charge in [-0.3, -0.25) is 14.7 Å². The lowest BCUT2D eigenvalue weighted by Gasteiger charge is -2.37. The van der Waals surface area contributed by atoms with Crippen LogP contribution >= 0.6 is 0 Å². The molecule has 15 rings (SSSR count). The lowest BCUT2D eigenvalue weighted by atomic mass is 10.0. The number of nitrogens with zero attached hydrogens (tertiary/aromatic N) is 10. The van der Waals surface area contributed by atoms with Crippen molar-refractivity contribution < 1.29 is 0 Å². The lowest BCUT2D eigenvalue weighted by Crippen LogP contribution is -2.44. The fourth-order valence-electron chi connectivity index (χ4n) is 15.2. The van der Waals surface area contributed by atoms with Crippen LogP contribution in [0, 0.1) is 34.6 Å². The van der Waals surface area contributed by atoms with E-state index in [0.29, 0.717) is 24.7 Å². The van der Waals surface area contributed by atoms with E-state index >= 15 is 0 Å². The molecule has 0 amide bonds. The van der Waals surface area contributed by atoms with Gasteiger partial charge in [0.25, 0.3) is 0 Å². The maximum absolute atomic E-state index is 2.53. The zero-order chi connectivity index (χ0) is 70.6. The number of hydrogen-bond acceptors (Lipinski definition) is 10. The largest absolute Gasteiger partial charge is 0.356 e. The Morgan fingerprint density at radius 2 is 0.570 bits per heavy atom. The second-order valence-electron chi connectivity index (χ2n) is 28.2. The molecule has 1 saturated heterocycles. The highest BCUT2D eigenvalue weighted by atomic mass is 15.4. The highest BCUT2D eigenvalue weighted by Crippen LogP contribution is 2.46. The quantitative estimate of drug-likeness (QED) is 0.166. The van der Waals surface area contributed by atoms with Crippen molar-refractivity contribution in [2.75, 3.05) is 95.7 Å². The van der Waals surface area contributed by atoms with E-state index in [4.69, 9.17) is 0 Å². The minimum atomic E-state index is 0.218. The first-order chi connectivity index (χ1) is 48.4. The van der Waals surface area contributed by atoms with Crippen LogP contribution in [0.2, 0.25) is 0 Å². The summed E-state index contributed by atoms with van der Waals surface area (Å²) >= 11 is 0. The Morgan fingerprint density at radius 1 is 0.240 bits per heavy atom. The normalized spacial score (nSPS) is 19.2. The molecule has 100 heavy (non-hydrogen) atoms. The molecule has 5 atom stereocenters. The van der Waals surface area contributed by atoms with Gasteiger partial charge in [0.15, 0.2) is 0 Å². The number of para-hydroxylation sites is 9. The maximum Gasteiger partial charge on any atom is 0.103 e.